The Bertz CT molecular complexity index is 622. The zero-order chi connectivity index (χ0) is 18.7. The van der Waals surface area contributed by atoms with Crippen LogP contribution >= 0.6 is 0 Å². The number of benzene rings is 1. The Morgan fingerprint density at radius 2 is 2.04 bits per heavy atom. The number of alkyl halides is 3. The summed E-state index contributed by atoms with van der Waals surface area (Å²) in [5, 5.41) is 22.4. The quantitative estimate of drug-likeness (QED) is 0.606. The van der Waals surface area contributed by atoms with Gasteiger partial charge >= 0.3 is 6.18 Å². The average Bonchev–Trinajstić information content (AvgIpc) is 2.46. The van der Waals surface area contributed by atoms with E-state index in [-0.39, 0.29) is 16.9 Å². The minimum Gasteiger partial charge on any atom is -0.382 e. The molecular formula is C14H18F3N3O4. The standard InChI is InChI=1S/C14H18F3N3O4/c1-8-10(5-4-6-11(8)20(23)24)18-13(22)9(2)19(3)7-12(21)14(15,16)17/h4-6,9,12,21H,7H2,1-3H3,(H,18,22). The fourth-order valence-corrected chi connectivity index (χ4v) is 1.93. The summed E-state index contributed by atoms with van der Waals surface area (Å²) in [5.74, 6) is -0.643. The number of halogens is 3. The van der Waals surface area contributed by atoms with Crippen molar-refractivity contribution in [2.45, 2.75) is 32.2 Å². The number of hydrogen-bond acceptors (Lipinski definition) is 5. The lowest BCUT2D eigenvalue weighted by atomic mass is 10.1. The second-order valence-electron chi connectivity index (χ2n) is 5.37. The molecule has 1 aromatic rings. The molecule has 1 rings (SSSR count). The number of anilines is 1. The third-order valence-corrected chi connectivity index (χ3v) is 3.64. The van der Waals surface area contributed by atoms with Gasteiger partial charge < -0.3 is 10.4 Å². The number of amides is 1. The lowest BCUT2D eigenvalue weighted by molar-refractivity contribution is -0.385. The third kappa shape index (κ3) is 4.90. The predicted octanol–water partition coefficient (Wildman–Crippen LogP) is 2.09. The normalized spacial score (nSPS) is 14.3. The molecule has 0 spiro atoms. The van der Waals surface area contributed by atoms with Crippen LogP contribution in [0.4, 0.5) is 24.5 Å². The minimum atomic E-state index is -4.78. The number of nitro groups is 1. The topological polar surface area (TPSA) is 95.7 Å². The van der Waals surface area contributed by atoms with Crippen molar-refractivity contribution < 1.29 is 28.0 Å². The highest BCUT2D eigenvalue weighted by Gasteiger charge is 2.39. The number of nitrogens with one attached hydrogen (secondary N) is 1. The van der Waals surface area contributed by atoms with Crippen molar-refractivity contribution in [3.8, 4) is 0 Å². The monoisotopic (exact) mass is 349 g/mol. The van der Waals surface area contributed by atoms with Crippen molar-refractivity contribution in [3.63, 3.8) is 0 Å². The van der Waals surface area contributed by atoms with Crippen LogP contribution in [0.3, 0.4) is 0 Å². The van der Waals surface area contributed by atoms with Crippen molar-refractivity contribution in [1.82, 2.24) is 4.90 Å². The molecule has 134 valence electrons. The van der Waals surface area contributed by atoms with E-state index in [0.717, 1.165) is 4.90 Å². The zero-order valence-corrected chi connectivity index (χ0v) is 13.3. The minimum absolute atomic E-state index is 0.179. The van der Waals surface area contributed by atoms with Gasteiger partial charge in [-0.3, -0.25) is 19.8 Å². The van der Waals surface area contributed by atoms with E-state index >= 15 is 0 Å². The number of carbonyl (C=O) groups is 1. The zero-order valence-electron chi connectivity index (χ0n) is 13.3. The summed E-state index contributed by atoms with van der Waals surface area (Å²) in [7, 11) is 1.26. The van der Waals surface area contributed by atoms with Crippen molar-refractivity contribution in [1.29, 1.82) is 0 Å². The van der Waals surface area contributed by atoms with Crippen LogP contribution in [0.25, 0.3) is 0 Å². The molecular weight excluding hydrogens is 331 g/mol. The molecule has 24 heavy (non-hydrogen) atoms. The Kier molecular flexibility index (Phi) is 6.27. The van der Waals surface area contributed by atoms with Gasteiger partial charge in [-0.05, 0) is 27.0 Å². The van der Waals surface area contributed by atoms with E-state index < -0.39 is 35.7 Å². The van der Waals surface area contributed by atoms with Gasteiger partial charge in [-0.25, -0.2) is 0 Å². The molecule has 0 aliphatic heterocycles. The summed E-state index contributed by atoms with van der Waals surface area (Å²) in [5.41, 5.74) is 0.258. The number of nitro benzene ring substituents is 1. The van der Waals surface area contributed by atoms with E-state index in [4.69, 9.17) is 5.11 Å². The molecule has 2 unspecified atom stereocenters. The summed E-state index contributed by atoms with van der Waals surface area (Å²) in [6, 6.07) is 3.14. The largest absolute Gasteiger partial charge is 0.415 e. The van der Waals surface area contributed by atoms with Gasteiger partial charge in [0.2, 0.25) is 5.91 Å². The number of aliphatic hydroxyl groups is 1. The lowest BCUT2D eigenvalue weighted by Gasteiger charge is -2.27. The second-order valence-corrected chi connectivity index (χ2v) is 5.37. The van der Waals surface area contributed by atoms with E-state index in [9.17, 15) is 28.1 Å². The van der Waals surface area contributed by atoms with Crippen LogP contribution in [-0.4, -0.2) is 52.8 Å². The van der Waals surface area contributed by atoms with Crippen LogP contribution in [0.15, 0.2) is 18.2 Å². The molecule has 0 saturated heterocycles. The van der Waals surface area contributed by atoms with Gasteiger partial charge in [-0.15, -0.1) is 0 Å². The van der Waals surface area contributed by atoms with Crippen LogP contribution in [0.1, 0.15) is 12.5 Å². The van der Waals surface area contributed by atoms with E-state index in [2.05, 4.69) is 5.32 Å². The van der Waals surface area contributed by atoms with Crippen LogP contribution in [0, 0.1) is 17.0 Å². The molecule has 1 aromatic carbocycles. The first-order valence-electron chi connectivity index (χ1n) is 6.95. The molecule has 0 aliphatic rings. The second kappa shape index (κ2) is 7.58. The molecule has 7 nitrogen and oxygen atoms in total. The molecule has 0 aromatic heterocycles. The van der Waals surface area contributed by atoms with E-state index in [1.54, 1.807) is 0 Å². The van der Waals surface area contributed by atoms with Crippen LogP contribution in [0.5, 0.6) is 0 Å². The summed E-state index contributed by atoms with van der Waals surface area (Å²) in [4.78, 5) is 23.4. The first kappa shape index (κ1) is 19.8. The number of carbonyl (C=O) groups excluding carboxylic acids is 1. The van der Waals surface area contributed by atoms with Gasteiger partial charge in [-0.1, -0.05) is 6.07 Å². The number of hydrogen-bond donors (Lipinski definition) is 2. The summed E-state index contributed by atoms with van der Waals surface area (Å²) in [6.45, 7) is 2.05. The van der Waals surface area contributed by atoms with Gasteiger partial charge in [0.25, 0.3) is 5.69 Å². The maximum atomic E-state index is 12.4. The predicted molar refractivity (Wildman–Crippen MR) is 80.6 cm³/mol. The van der Waals surface area contributed by atoms with Gasteiger partial charge in [0.05, 0.1) is 22.2 Å². The van der Waals surface area contributed by atoms with E-state index in [0.29, 0.717) is 0 Å². The van der Waals surface area contributed by atoms with Crippen molar-refractivity contribution in [2.24, 2.45) is 0 Å². The molecule has 0 heterocycles. The van der Waals surface area contributed by atoms with Crippen LogP contribution in [0.2, 0.25) is 0 Å². The van der Waals surface area contributed by atoms with Crippen molar-refractivity contribution >= 4 is 17.3 Å². The average molecular weight is 349 g/mol. The maximum absolute atomic E-state index is 12.4. The maximum Gasteiger partial charge on any atom is 0.415 e. The molecule has 2 N–H and O–H groups in total. The highest BCUT2D eigenvalue weighted by Crippen LogP contribution is 2.25. The number of likely N-dealkylation sites (N-methyl/N-ethyl adjacent to an activating group) is 1. The fourth-order valence-electron chi connectivity index (χ4n) is 1.93. The molecule has 1 amide bonds. The Morgan fingerprint density at radius 1 is 1.46 bits per heavy atom. The molecule has 0 fully saturated rings. The molecule has 10 heteroatoms. The molecule has 0 aliphatic carbocycles. The fraction of sp³-hybridized carbons (Fsp3) is 0.500. The SMILES string of the molecule is Cc1c(NC(=O)C(C)N(C)CC(O)C(F)(F)F)cccc1[N+](=O)[O-]. The Morgan fingerprint density at radius 3 is 2.54 bits per heavy atom. The smallest absolute Gasteiger partial charge is 0.382 e. The number of rotatable bonds is 6. The first-order valence-corrected chi connectivity index (χ1v) is 6.95. The highest BCUT2D eigenvalue weighted by atomic mass is 19.4. The van der Waals surface area contributed by atoms with Gasteiger partial charge in [0.15, 0.2) is 6.10 Å². The summed E-state index contributed by atoms with van der Waals surface area (Å²) in [6.07, 6.45) is -7.35. The first-order chi connectivity index (χ1) is 10.9. The highest BCUT2D eigenvalue weighted by molar-refractivity contribution is 5.95. The van der Waals surface area contributed by atoms with Crippen LogP contribution in [-0.2, 0) is 4.79 Å². The summed E-state index contributed by atoms with van der Waals surface area (Å²) < 4.78 is 37.1. The Hall–Kier alpha value is -2.20. The molecule has 2 atom stereocenters. The number of aliphatic hydroxyl groups excluding tert-OH is 1. The Balaban J connectivity index is 2.81. The van der Waals surface area contributed by atoms with Gasteiger partial charge in [-0.2, -0.15) is 13.2 Å². The van der Waals surface area contributed by atoms with E-state index in [1.165, 1.54) is 39.1 Å². The van der Waals surface area contributed by atoms with E-state index in [1.807, 2.05) is 0 Å². The van der Waals surface area contributed by atoms with Gasteiger partial charge in [0, 0.05) is 12.6 Å². The number of nitrogens with zero attached hydrogens (tertiary/aromatic N) is 2. The molecule has 0 radical (unpaired) electrons. The Labute approximate surface area is 136 Å². The lowest BCUT2D eigenvalue weighted by Crippen LogP contribution is -2.46. The molecule has 0 saturated carbocycles. The van der Waals surface area contributed by atoms with Crippen molar-refractivity contribution in [2.75, 3.05) is 18.9 Å². The van der Waals surface area contributed by atoms with Crippen molar-refractivity contribution in [3.05, 3.63) is 33.9 Å². The van der Waals surface area contributed by atoms with Gasteiger partial charge in [0.1, 0.15) is 0 Å². The van der Waals surface area contributed by atoms with Crippen LogP contribution < -0.4 is 5.32 Å². The summed E-state index contributed by atoms with van der Waals surface area (Å²) >= 11 is 0. The third-order valence-electron chi connectivity index (χ3n) is 3.64. The molecule has 0 bridgehead atoms.